The molecule has 2 atom stereocenters. The average Bonchev–Trinajstić information content (AvgIpc) is 3.21. The van der Waals surface area contributed by atoms with Crippen molar-refractivity contribution in [2.75, 3.05) is 13.2 Å². The third kappa shape index (κ3) is 4.41. The van der Waals surface area contributed by atoms with E-state index < -0.39 is 17.9 Å². The summed E-state index contributed by atoms with van der Waals surface area (Å²) in [5.74, 6) is -0.663. The second kappa shape index (κ2) is 6.95. The van der Waals surface area contributed by atoms with E-state index in [2.05, 4.69) is 10.3 Å². The molecule has 3 rings (SSSR count). The lowest BCUT2D eigenvalue weighted by atomic mass is 10.1. The lowest BCUT2D eigenvalue weighted by Crippen LogP contribution is -2.41. The van der Waals surface area contributed by atoms with Gasteiger partial charge in [-0.25, -0.2) is 9.78 Å². The van der Waals surface area contributed by atoms with E-state index in [0.717, 1.165) is 19.3 Å². The number of carbonyl (C=O) groups is 2. The highest BCUT2D eigenvalue weighted by Gasteiger charge is 2.30. The molecule has 1 aromatic rings. The zero-order chi connectivity index (χ0) is 16.2. The number of nitrogens with zero attached hydrogens (tertiary/aromatic N) is 1. The van der Waals surface area contributed by atoms with Gasteiger partial charge in [0.2, 0.25) is 5.88 Å². The summed E-state index contributed by atoms with van der Waals surface area (Å²) in [7, 11) is 0. The Morgan fingerprint density at radius 1 is 1.43 bits per heavy atom. The summed E-state index contributed by atoms with van der Waals surface area (Å²) in [5.41, 5.74) is 0.343. The van der Waals surface area contributed by atoms with Crippen molar-refractivity contribution >= 4 is 11.9 Å². The van der Waals surface area contributed by atoms with Gasteiger partial charge in [0, 0.05) is 24.2 Å². The number of pyridine rings is 1. The number of carbonyl (C=O) groups excluding carboxylic acids is 1. The second-order valence-corrected chi connectivity index (χ2v) is 6.03. The van der Waals surface area contributed by atoms with Crippen molar-refractivity contribution in [3.8, 4) is 5.88 Å². The van der Waals surface area contributed by atoms with Crippen LogP contribution in [-0.4, -0.2) is 47.3 Å². The summed E-state index contributed by atoms with van der Waals surface area (Å²) in [4.78, 5) is 27.6. The van der Waals surface area contributed by atoms with E-state index >= 15 is 0 Å². The standard InChI is InChI=1S/C16H20N2O5/c19-15(18-13(16(20)21)7-10-1-2-10)11-3-5-17-14(8-11)23-12-4-6-22-9-12/h3,5,8,10,12-13H,1-2,4,6-7,9H2,(H,18,19)(H,20,21). The molecule has 124 valence electrons. The maximum absolute atomic E-state index is 12.3. The van der Waals surface area contributed by atoms with Crippen LogP contribution in [0, 0.1) is 5.92 Å². The lowest BCUT2D eigenvalue weighted by Gasteiger charge is -2.15. The van der Waals surface area contributed by atoms with Gasteiger partial charge in [0.25, 0.3) is 5.91 Å². The predicted octanol–water partition coefficient (Wildman–Crippen LogP) is 1.23. The van der Waals surface area contributed by atoms with Crippen LogP contribution in [0.5, 0.6) is 5.88 Å². The van der Waals surface area contributed by atoms with Gasteiger partial charge in [-0.3, -0.25) is 4.79 Å². The van der Waals surface area contributed by atoms with E-state index in [9.17, 15) is 14.7 Å². The van der Waals surface area contributed by atoms with E-state index in [1.807, 2.05) is 0 Å². The molecule has 2 aliphatic rings. The molecule has 2 fully saturated rings. The minimum atomic E-state index is -1.00. The van der Waals surface area contributed by atoms with Gasteiger partial charge in [0.05, 0.1) is 13.2 Å². The maximum atomic E-state index is 12.3. The van der Waals surface area contributed by atoms with Crippen molar-refractivity contribution in [1.82, 2.24) is 10.3 Å². The van der Waals surface area contributed by atoms with Crippen LogP contribution in [0.3, 0.4) is 0 Å². The van der Waals surface area contributed by atoms with E-state index in [0.29, 0.717) is 37.0 Å². The molecule has 7 heteroatoms. The molecule has 1 aromatic heterocycles. The van der Waals surface area contributed by atoms with E-state index in [4.69, 9.17) is 9.47 Å². The summed E-state index contributed by atoms with van der Waals surface area (Å²) >= 11 is 0. The molecule has 2 heterocycles. The summed E-state index contributed by atoms with van der Waals surface area (Å²) in [6.45, 7) is 1.17. The van der Waals surface area contributed by atoms with Crippen molar-refractivity contribution in [3.05, 3.63) is 23.9 Å². The Morgan fingerprint density at radius 3 is 2.91 bits per heavy atom. The minimum Gasteiger partial charge on any atom is -0.480 e. The van der Waals surface area contributed by atoms with E-state index in [1.54, 1.807) is 6.07 Å². The van der Waals surface area contributed by atoms with E-state index in [-0.39, 0.29) is 6.10 Å². The van der Waals surface area contributed by atoms with Crippen LogP contribution < -0.4 is 10.1 Å². The first-order valence-electron chi connectivity index (χ1n) is 7.86. The topological polar surface area (TPSA) is 97.8 Å². The van der Waals surface area contributed by atoms with Gasteiger partial charge >= 0.3 is 5.97 Å². The van der Waals surface area contributed by atoms with Crippen LogP contribution in [0.1, 0.15) is 36.0 Å². The molecule has 2 unspecified atom stereocenters. The van der Waals surface area contributed by atoms with Crippen LogP contribution in [0.25, 0.3) is 0 Å². The Morgan fingerprint density at radius 2 is 2.26 bits per heavy atom. The fourth-order valence-corrected chi connectivity index (χ4v) is 2.54. The van der Waals surface area contributed by atoms with Crippen molar-refractivity contribution in [2.24, 2.45) is 5.92 Å². The number of rotatable bonds is 7. The number of carboxylic acid groups (broad SMARTS) is 1. The van der Waals surface area contributed by atoms with Crippen molar-refractivity contribution in [2.45, 2.75) is 37.8 Å². The number of hydrogen-bond acceptors (Lipinski definition) is 5. The van der Waals surface area contributed by atoms with Gasteiger partial charge in [0.1, 0.15) is 12.1 Å². The SMILES string of the molecule is O=C(NC(CC1CC1)C(=O)O)c1ccnc(OC2CCOC2)c1. The molecule has 0 spiro atoms. The van der Waals surface area contributed by atoms with E-state index in [1.165, 1.54) is 12.3 Å². The fraction of sp³-hybridized carbons (Fsp3) is 0.562. The molecule has 1 saturated heterocycles. The van der Waals surface area contributed by atoms with Crippen LogP contribution >= 0.6 is 0 Å². The fourth-order valence-electron chi connectivity index (χ4n) is 2.54. The molecule has 1 amide bonds. The number of ether oxygens (including phenoxy) is 2. The molecule has 1 aliphatic carbocycles. The molecular weight excluding hydrogens is 300 g/mol. The first-order chi connectivity index (χ1) is 11.1. The normalized spacial score (nSPS) is 21.7. The third-order valence-electron chi connectivity index (χ3n) is 4.04. The van der Waals surface area contributed by atoms with Crippen LogP contribution in [0.2, 0.25) is 0 Å². The molecule has 7 nitrogen and oxygen atoms in total. The Kier molecular flexibility index (Phi) is 4.76. The highest BCUT2D eigenvalue weighted by Crippen LogP contribution is 2.33. The zero-order valence-electron chi connectivity index (χ0n) is 12.7. The lowest BCUT2D eigenvalue weighted by molar-refractivity contribution is -0.139. The maximum Gasteiger partial charge on any atom is 0.326 e. The molecule has 0 radical (unpaired) electrons. The number of amides is 1. The van der Waals surface area contributed by atoms with Gasteiger partial charge in [-0.2, -0.15) is 0 Å². The number of aliphatic carboxylic acids is 1. The highest BCUT2D eigenvalue weighted by molar-refractivity contribution is 5.96. The van der Waals surface area contributed by atoms with Crippen molar-refractivity contribution < 1.29 is 24.2 Å². The molecule has 2 N–H and O–H groups in total. The predicted molar refractivity (Wildman–Crippen MR) is 80.3 cm³/mol. The molecule has 1 aliphatic heterocycles. The van der Waals surface area contributed by atoms with Gasteiger partial charge in [0.15, 0.2) is 0 Å². The number of hydrogen-bond donors (Lipinski definition) is 2. The Labute approximate surface area is 134 Å². The molecule has 0 aromatic carbocycles. The highest BCUT2D eigenvalue weighted by atomic mass is 16.5. The quantitative estimate of drug-likeness (QED) is 0.784. The van der Waals surface area contributed by atoms with Crippen molar-refractivity contribution in [3.63, 3.8) is 0 Å². The number of nitrogens with one attached hydrogen (secondary N) is 1. The zero-order valence-corrected chi connectivity index (χ0v) is 12.7. The third-order valence-corrected chi connectivity index (χ3v) is 4.04. The van der Waals surface area contributed by atoms with Crippen LogP contribution in [0.15, 0.2) is 18.3 Å². The monoisotopic (exact) mass is 320 g/mol. The van der Waals surface area contributed by atoms with Gasteiger partial charge in [-0.1, -0.05) is 12.8 Å². The summed E-state index contributed by atoms with van der Waals surface area (Å²) < 4.78 is 10.9. The average molecular weight is 320 g/mol. The van der Waals surface area contributed by atoms with Gasteiger partial charge < -0.3 is 19.9 Å². The first-order valence-corrected chi connectivity index (χ1v) is 7.86. The van der Waals surface area contributed by atoms with Gasteiger partial charge in [-0.15, -0.1) is 0 Å². The smallest absolute Gasteiger partial charge is 0.326 e. The first kappa shape index (κ1) is 15.7. The molecular formula is C16H20N2O5. The second-order valence-electron chi connectivity index (χ2n) is 6.03. The molecule has 0 bridgehead atoms. The molecule has 23 heavy (non-hydrogen) atoms. The number of aromatic nitrogens is 1. The Bertz CT molecular complexity index is 582. The minimum absolute atomic E-state index is 0.0533. The summed E-state index contributed by atoms with van der Waals surface area (Å²) in [6.07, 6.45) is 4.78. The van der Waals surface area contributed by atoms with Gasteiger partial charge in [-0.05, 0) is 18.4 Å². The molecule has 1 saturated carbocycles. The summed E-state index contributed by atoms with van der Waals surface area (Å²) in [6, 6.07) is 2.23. The number of carboxylic acids is 1. The van der Waals surface area contributed by atoms with Crippen molar-refractivity contribution in [1.29, 1.82) is 0 Å². The largest absolute Gasteiger partial charge is 0.480 e. The summed E-state index contributed by atoms with van der Waals surface area (Å²) in [5, 5.41) is 11.8. The van der Waals surface area contributed by atoms with Crippen LogP contribution in [-0.2, 0) is 9.53 Å². The van der Waals surface area contributed by atoms with Crippen LogP contribution in [0.4, 0.5) is 0 Å². The Balaban J connectivity index is 1.62. The Hall–Kier alpha value is -2.15.